The Morgan fingerprint density at radius 3 is 2.92 bits per heavy atom. The quantitative estimate of drug-likeness (QED) is 0.692. The van der Waals surface area contributed by atoms with Crippen molar-refractivity contribution in [2.45, 2.75) is 33.6 Å². The first-order chi connectivity index (χ1) is 12.1. The van der Waals surface area contributed by atoms with Crippen molar-refractivity contribution in [3.8, 4) is 17.3 Å². The van der Waals surface area contributed by atoms with E-state index in [2.05, 4.69) is 32.5 Å². The summed E-state index contributed by atoms with van der Waals surface area (Å²) in [5.74, 6) is 1.44. The van der Waals surface area contributed by atoms with Gasteiger partial charge in [-0.3, -0.25) is 4.79 Å². The summed E-state index contributed by atoms with van der Waals surface area (Å²) in [5.41, 5.74) is 2.01. The predicted octanol–water partition coefficient (Wildman–Crippen LogP) is 2.46. The molecule has 0 saturated heterocycles. The highest BCUT2D eigenvalue weighted by Crippen LogP contribution is 2.20. The first-order valence-electron chi connectivity index (χ1n) is 8.20. The Kier molecular flexibility index (Phi) is 4.87. The molecule has 1 amide bonds. The Balaban J connectivity index is 1.86. The smallest absolute Gasteiger partial charge is 0.258 e. The Morgan fingerprint density at radius 2 is 2.20 bits per heavy atom. The van der Waals surface area contributed by atoms with Crippen LogP contribution in [0.1, 0.15) is 41.6 Å². The zero-order chi connectivity index (χ0) is 17.8. The number of pyridine rings is 1. The molecule has 0 saturated carbocycles. The Labute approximate surface area is 145 Å². The van der Waals surface area contributed by atoms with Gasteiger partial charge in [-0.15, -0.1) is 0 Å². The van der Waals surface area contributed by atoms with Gasteiger partial charge in [0.15, 0.2) is 11.6 Å². The number of unbranched alkanes of at least 4 members (excludes halogenated alkanes) is 1. The minimum absolute atomic E-state index is 0.124. The van der Waals surface area contributed by atoms with Crippen LogP contribution in [0.5, 0.6) is 0 Å². The van der Waals surface area contributed by atoms with Crippen molar-refractivity contribution in [1.82, 2.24) is 30.2 Å². The molecule has 0 atom stereocenters. The summed E-state index contributed by atoms with van der Waals surface area (Å²) in [7, 11) is 0. The Bertz CT molecular complexity index is 883. The largest absolute Gasteiger partial charge is 0.352 e. The standard InChI is InChI=1S/C17H20N6O2/c1-4-5-7-19-16(24)14-10-20-23(11(14)2)15-9-13(6-8-18-15)17-21-12(3)22-25-17/h6,8-10H,4-5,7H2,1-3H3,(H,19,24). The van der Waals surface area contributed by atoms with Crippen LogP contribution in [-0.2, 0) is 0 Å². The van der Waals surface area contributed by atoms with E-state index in [-0.39, 0.29) is 5.91 Å². The molecule has 3 rings (SSSR count). The van der Waals surface area contributed by atoms with Gasteiger partial charge in [0, 0.05) is 18.3 Å². The second kappa shape index (κ2) is 7.25. The van der Waals surface area contributed by atoms with Gasteiger partial charge in [0.1, 0.15) is 0 Å². The van der Waals surface area contributed by atoms with Crippen LogP contribution < -0.4 is 5.32 Å². The van der Waals surface area contributed by atoms with E-state index < -0.39 is 0 Å². The van der Waals surface area contributed by atoms with Crippen LogP contribution in [0.25, 0.3) is 17.3 Å². The summed E-state index contributed by atoms with van der Waals surface area (Å²) in [4.78, 5) is 20.8. The molecule has 0 unspecified atom stereocenters. The molecular formula is C17H20N6O2. The highest BCUT2D eigenvalue weighted by Gasteiger charge is 2.16. The average molecular weight is 340 g/mol. The van der Waals surface area contributed by atoms with Crippen LogP contribution in [0.15, 0.2) is 29.0 Å². The molecule has 3 heterocycles. The number of carbonyl (C=O) groups is 1. The molecular weight excluding hydrogens is 320 g/mol. The number of nitrogens with one attached hydrogen (secondary N) is 1. The van der Waals surface area contributed by atoms with E-state index in [9.17, 15) is 4.79 Å². The number of hydrogen-bond acceptors (Lipinski definition) is 6. The molecule has 0 radical (unpaired) electrons. The van der Waals surface area contributed by atoms with E-state index in [0.717, 1.165) is 24.1 Å². The Morgan fingerprint density at radius 1 is 1.36 bits per heavy atom. The maximum absolute atomic E-state index is 12.3. The highest BCUT2D eigenvalue weighted by molar-refractivity contribution is 5.95. The van der Waals surface area contributed by atoms with Crippen LogP contribution in [0, 0.1) is 13.8 Å². The number of aryl methyl sites for hydroxylation is 1. The van der Waals surface area contributed by atoms with E-state index in [4.69, 9.17) is 4.52 Å². The second-order valence-electron chi connectivity index (χ2n) is 5.71. The fourth-order valence-electron chi connectivity index (χ4n) is 2.42. The average Bonchev–Trinajstić information content (AvgIpc) is 3.21. The lowest BCUT2D eigenvalue weighted by Crippen LogP contribution is -2.24. The summed E-state index contributed by atoms with van der Waals surface area (Å²) < 4.78 is 6.81. The first kappa shape index (κ1) is 16.8. The molecule has 0 aliphatic rings. The zero-order valence-corrected chi connectivity index (χ0v) is 14.5. The molecule has 0 aromatic carbocycles. The molecule has 8 heteroatoms. The topological polar surface area (TPSA) is 98.7 Å². The van der Waals surface area contributed by atoms with Gasteiger partial charge in [-0.2, -0.15) is 10.1 Å². The molecule has 0 bridgehead atoms. The summed E-state index contributed by atoms with van der Waals surface area (Å²) in [5, 5.41) is 11.0. The molecule has 0 aliphatic carbocycles. The van der Waals surface area contributed by atoms with Gasteiger partial charge in [-0.05, 0) is 32.4 Å². The number of aromatic nitrogens is 5. The zero-order valence-electron chi connectivity index (χ0n) is 14.5. The molecule has 3 aromatic heterocycles. The summed E-state index contributed by atoms with van der Waals surface area (Å²) in [6.45, 7) is 6.34. The first-order valence-corrected chi connectivity index (χ1v) is 8.20. The van der Waals surface area contributed by atoms with Crippen molar-refractivity contribution >= 4 is 5.91 Å². The second-order valence-corrected chi connectivity index (χ2v) is 5.71. The van der Waals surface area contributed by atoms with Crippen LogP contribution in [0.2, 0.25) is 0 Å². The molecule has 0 aliphatic heterocycles. The van der Waals surface area contributed by atoms with Gasteiger partial charge in [-0.25, -0.2) is 9.67 Å². The lowest BCUT2D eigenvalue weighted by Gasteiger charge is -2.06. The number of hydrogen-bond donors (Lipinski definition) is 1. The van der Waals surface area contributed by atoms with Crippen molar-refractivity contribution in [2.24, 2.45) is 0 Å². The van der Waals surface area contributed by atoms with Crippen molar-refractivity contribution in [3.05, 3.63) is 41.6 Å². The maximum atomic E-state index is 12.3. The highest BCUT2D eigenvalue weighted by atomic mass is 16.5. The van der Waals surface area contributed by atoms with E-state index in [1.54, 1.807) is 36.1 Å². The summed E-state index contributed by atoms with van der Waals surface area (Å²) >= 11 is 0. The maximum Gasteiger partial charge on any atom is 0.258 e. The van der Waals surface area contributed by atoms with E-state index in [0.29, 0.717) is 29.6 Å². The number of carbonyl (C=O) groups excluding carboxylic acids is 1. The van der Waals surface area contributed by atoms with Crippen molar-refractivity contribution in [2.75, 3.05) is 6.54 Å². The normalized spacial score (nSPS) is 10.8. The molecule has 0 fully saturated rings. The number of rotatable bonds is 6. The third kappa shape index (κ3) is 3.57. The van der Waals surface area contributed by atoms with Gasteiger partial charge in [-0.1, -0.05) is 18.5 Å². The van der Waals surface area contributed by atoms with E-state index in [1.165, 1.54) is 0 Å². The summed E-state index contributed by atoms with van der Waals surface area (Å²) in [6.07, 6.45) is 5.19. The van der Waals surface area contributed by atoms with Gasteiger partial charge in [0.05, 0.1) is 17.5 Å². The molecule has 25 heavy (non-hydrogen) atoms. The third-order valence-electron chi connectivity index (χ3n) is 3.81. The fourth-order valence-corrected chi connectivity index (χ4v) is 2.42. The lowest BCUT2D eigenvalue weighted by atomic mass is 10.2. The van der Waals surface area contributed by atoms with Crippen LogP contribution in [0.4, 0.5) is 0 Å². The van der Waals surface area contributed by atoms with E-state index in [1.807, 2.05) is 6.92 Å². The van der Waals surface area contributed by atoms with Crippen molar-refractivity contribution < 1.29 is 9.32 Å². The molecule has 130 valence electrons. The lowest BCUT2D eigenvalue weighted by molar-refractivity contribution is 0.0952. The molecule has 0 spiro atoms. The van der Waals surface area contributed by atoms with Crippen LogP contribution >= 0.6 is 0 Å². The van der Waals surface area contributed by atoms with E-state index >= 15 is 0 Å². The van der Waals surface area contributed by atoms with Crippen LogP contribution in [-0.4, -0.2) is 37.4 Å². The van der Waals surface area contributed by atoms with Gasteiger partial charge in [0.25, 0.3) is 11.8 Å². The summed E-state index contributed by atoms with van der Waals surface area (Å²) in [6, 6.07) is 3.58. The van der Waals surface area contributed by atoms with Crippen molar-refractivity contribution in [1.29, 1.82) is 0 Å². The molecule has 1 N–H and O–H groups in total. The Hall–Kier alpha value is -3.03. The monoisotopic (exact) mass is 340 g/mol. The van der Waals surface area contributed by atoms with Gasteiger partial charge >= 0.3 is 0 Å². The number of amides is 1. The minimum Gasteiger partial charge on any atom is -0.352 e. The van der Waals surface area contributed by atoms with Gasteiger partial charge in [0.2, 0.25) is 0 Å². The van der Waals surface area contributed by atoms with Crippen LogP contribution in [0.3, 0.4) is 0 Å². The number of nitrogens with zero attached hydrogens (tertiary/aromatic N) is 5. The minimum atomic E-state index is -0.124. The molecule has 8 nitrogen and oxygen atoms in total. The fraction of sp³-hybridized carbons (Fsp3) is 0.353. The predicted molar refractivity (Wildman–Crippen MR) is 91.4 cm³/mol. The van der Waals surface area contributed by atoms with Gasteiger partial charge < -0.3 is 9.84 Å². The SMILES string of the molecule is CCCCNC(=O)c1cnn(-c2cc(-c3nc(C)no3)ccn2)c1C. The van der Waals surface area contributed by atoms with Crippen molar-refractivity contribution in [3.63, 3.8) is 0 Å². The third-order valence-corrected chi connectivity index (χ3v) is 3.81. The molecule has 3 aromatic rings.